The number of benzene rings is 2. The van der Waals surface area contributed by atoms with E-state index in [0.29, 0.717) is 5.56 Å². The molecule has 3 aromatic rings. The van der Waals surface area contributed by atoms with Crippen LogP contribution in [0, 0.1) is 13.8 Å². The van der Waals surface area contributed by atoms with Crippen LogP contribution in [0.25, 0.3) is 10.9 Å². The highest BCUT2D eigenvalue weighted by atomic mass is 16.5. The molecule has 0 amide bonds. The maximum absolute atomic E-state index is 11.1. The van der Waals surface area contributed by atoms with Gasteiger partial charge in [0.05, 0.1) is 11.1 Å². The Labute approximate surface area is 159 Å². The van der Waals surface area contributed by atoms with Crippen LogP contribution in [0.3, 0.4) is 0 Å². The van der Waals surface area contributed by atoms with Gasteiger partial charge in [0.2, 0.25) is 0 Å². The molecule has 1 heterocycles. The number of carbonyl (C=O) groups is 1. The molecule has 1 fully saturated rings. The van der Waals surface area contributed by atoms with Gasteiger partial charge in [0, 0.05) is 17.5 Å². The summed E-state index contributed by atoms with van der Waals surface area (Å²) in [5.74, 6) is 0.371. The molecular weight excluding hydrogens is 338 g/mol. The van der Waals surface area contributed by atoms with Gasteiger partial charge in [-0.05, 0) is 68.0 Å². The van der Waals surface area contributed by atoms with Gasteiger partial charge in [-0.15, -0.1) is 0 Å². The lowest BCUT2D eigenvalue weighted by molar-refractivity contribution is 0.0697. The molecule has 1 aromatic heterocycles. The molecule has 0 spiro atoms. The average molecular weight is 363 g/mol. The predicted molar refractivity (Wildman–Crippen MR) is 107 cm³/mol. The summed E-state index contributed by atoms with van der Waals surface area (Å²) in [5.41, 5.74) is 5.01. The van der Waals surface area contributed by atoms with Gasteiger partial charge in [0.15, 0.2) is 0 Å². The van der Waals surface area contributed by atoms with Crippen LogP contribution >= 0.6 is 0 Å². The summed E-state index contributed by atoms with van der Waals surface area (Å²) in [6.45, 7) is 4.22. The Kier molecular flexibility index (Phi) is 4.65. The van der Waals surface area contributed by atoms with E-state index in [-0.39, 0.29) is 12.0 Å². The number of aromatic nitrogens is 1. The molecule has 0 radical (unpaired) electrons. The minimum atomic E-state index is -0.886. The lowest BCUT2D eigenvalue weighted by Crippen LogP contribution is -2.29. The first-order valence-corrected chi connectivity index (χ1v) is 9.62. The van der Waals surface area contributed by atoms with Crippen molar-refractivity contribution in [3.05, 3.63) is 64.8 Å². The Balaban J connectivity index is 1.66. The van der Waals surface area contributed by atoms with E-state index in [4.69, 9.17) is 9.84 Å². The molecule has 4 nitrogen and oxygen atoms in total. The first-order chi connectivity index (χ1) is 13.0. The lowest BCUT2D eigenvalue weighted by Gasteiger charge is -2.33. The van der Waals surface area contributed by atoms with E-state index in [1.807, 2.05) is 18.3 Å². The highest BCUT2D eigenvalue weighted by molar-refractivity contribution is 5.90. The van der Waals surface area contributed by atoms with Gasteiger partial charge in [0.1, 0.15) is 11.9 Å². The van der Waals surface area contributed by atoms with Crippen LogP contribution in [-0.4, -0.2) is 22.2 Å². The number of carboxylic acid groups (broad SMARTS) is 1. The molecule has 2 N–H and O–H groups in total. The van der Waals surface area contributed by atoms with Crippen molar-refractivity contribution in [1.29, 1.82) is 0 Å². The number of aromatic amines is 1. The summed E-state index contributed by atoms with van der Waals surface area (Å²) in [6.07, 6.45) is 6.50. The minimum Gasteiger partial charge on any atom is -0.489 e. The molecule has 0 bridgehead atoms. The number of rotatable bonds is 4. The van der Waals surface area contributed by atoms with Crippen molar-refractivity contribution in [3.63, 3.8) is 0 Å². The second kappa shape index (κ2) is 7.10. The van der Waals surface area contributed by atoms with Crippen LogP contribution in [0.5, 0.6) is 5.75 Å². The Morgan fingerprint density at radius 1 is 1.07 bits per heavy atom. The smallest absolute Gasteiger partial charge is 0.335 e. The third-order valence-corrected chi connectivity index (χ3v) is 5.73. The van der Waals surface area contributed by atoms with Gasteiger partial charge in [-0.2, -0.15) is 0 Å². The maximum atomic E-state index is 11.1. The lowest BCUT2D eigenvalue weighted by atomic mass is 9.81. The third kappa shape index (κ3) is 3.32. The molecule has 0 saturated heterocycles. The fraction of sp³-hybridized carbons (Fsp3) is 0.348. The summed E-state index contributed by atoms with van der Waals surface area (Å²) in [7, 11) is 0. The largest absolute Gasteiger partial charge is 0.489 e. The molecule has 0 aliphatic heterocycles. The number of H-pyrrole nitrogens is 1. The van der Waals surface area contributed by atoms with Gasteiger partial charge < -0.3 is 14.8 Å². The molecule has 2 aromatic carbocycles. The highest BCUT2D eigenvalue weighted by Gasteiger charge is 2.29. The average Bonchev–Trinajstić information content (AvgIpc) is 3.16. The van der Waals surface area contributed by atoms with Crippen LogP contribution in [0.1, 0.15) is 58.6 Å². The van der Waals surface area contributed by atoms with Gasteiger partial charge in [-0.1, -0.05) is 24.6 Å². The van der Waals surface area contributed by atoms with E-state index in [1.54, 1.807) is 12.1 Å². The minimum absolute atomic E-state index is 0.105. The first kappa shape index (κ1) is 17.7. The van der Waals surface area contributed by atoms with Crippen molar-refractivity contribution in [1.82, 2.24) is 4.98 Å². The van der Waals surface area contributed by atoms with Gasteiger partial charge in [-0.25, -0.2) is 4.79 Å². The number of aryl methyl sites for hydroxylation is 2. The molecule has 2 atom stereocenters. The van der Waals surface area contributed by atoms with Crippen molar-refractivity contribution < 1.29 is 14.6 Å². The Hall–Kier alpha value is -2.75. The summed E-state index contributed by atoms with van der Waals surface area (Å²) in [5, 5.41) is 10.3. The van der Waals surface area contributed by atoms with Crippen molar-refractivity contribution in [2.45, 2.75) is 51.6 Å². The van der Waals surface area contributed by atoms with Crippen molar-refractivity contribution in [2.24, 2.45) is 0 Å². The zero-order valence-electron chi connectivity index (χ0n) is 15.8. The topological polar surface area (TPSA) is 62.3 Å². The fourth-order valence-corrected chi connectivity index (χ4v) is 4.36. The number of hydrogen-bond acceptors (Lipinski definition) is 2. The van der Waals surface area contributed by atoms with Crippen molar-refractivity contribution >= 4 is 16.9 Å². The first-order valence-electron chi connectivity index (χ1n) is 9.62. The van der Waals surface area contributed by atoms with Crippen LogP contribution in [0.15, 0.2) is 42.6 Å². The number of carboxylic acids is 1. The van der Waals surface area contributed by atoms with E-state index < -0.39 is 5.97 Å². The number of aromatic carboxylic acids is 1. The second-order valence-electron chi connectivity index (χ2n) is 7.58. The predicted octanol–water partition coefficient (Wildman–Crippen LogP) is 5.59. The van der Waals surface area contributed by atoms with E-state index in [9.17, 15) is 4.79 Å². The highest BCUT2D eigenvalue weighted by Crippen LogP contribution is 2.39. The monoisotopic (exact) mass is 363 g/mol. The summed E-state index contributed by atoms with van der Waals surface area (Å²) >= 11 is 0. The van der Waals surface area contributed by atoms with Crippen LogP contribution in [0.4, 0.5) is 0 Å². The number of hydrogen-bond donors (Lipinski definition) is 2. The van der Waals surface area contributed by atoms with Crippen molar-refractivity contribution in [3.8, 4) is 5.75 Å². The molecular formula is C23H25NO3. The molecule has 27 heavy (non-hydrogen) atoms. The molecule has 140 valence electrons. The fourth-order valence-electron chi connectivity index (χ4n) is 4.36. The molecule has 4 rings (SSSR count). The van der Waals surface area contributed by atoms with Gasteiger partial charge >= 0.3 is 5.97 Å². The van der Waals surface area contributed by atoms with E-state index in [1.165, 1.54) is 17.5 Å². The summed E-state index contributed by atoms with van der Waals surface area (Å²) in [6, 6.07) is 11.6. The van der Waals surface area contributed by atoms with Gasteiger partial charge in [0.25, 0.3) is 0 Å². The second-order valence-corrected chi connectivity index (χ2v) is 7.58. The molecule has 1 aliphatic carbocycles. The van der Waals surface area contributed by atoms with Crippen LogP contribution in [0.2, 0.25) is 0 Å². The summed E-state index contributed by atoms with van der Waals surface area (Å²) in [4.78, 5) is 14.4. The third-order valence-electron chi connectivity index (χ3n) is 5.73. The number of ether oxygens (including phenoxy) is 1. The summed E-state index contributed by atoms with van der Waals surface area (Å²) < 4.78 is 6.62. The van der Waals surface area contributed by atoms with Crippen LogP contribution in [-0.2, 0) is 0 Å². The Morgan fingerprint density at radius 3 is 2.56 bits per heavy atom. The standard InChI is InChI=1S/C23H25NO3/c1-14-13-15(2)22(19-11-12-24-21(14)19)27-20-6-4-3-5-18(20)16-7-9-17(10-8-16)23(25)26/h7-13,18,20,24H,3-6H2,1-2H3,(H,25,26). The zero-order chi connectivity index (χ0) is 19.0. The maximum Gasteiger partial charge on any atom is 0.335 e. The Morgan fingerprint density at radius 2 is 1.81 bits per heavy atom. The molecule has 2 unspecified atom stereocenters. The zero-order valence-corrected chi connectivity index (χ0v) is 15.8. The molecule has 4 heteroatoms. The van der Waals surface area contributed by atoms with E-state index in [0.717, 1.165) is 41.5 Å². The molecule has 1 aliphatic rings. The number of fused-ring (bicyclic) bond motifs is 1. The normalized spacial score (nSPS) is 19.9. The van der Waals surface area contributed by atoms with E-state index in [2.05, 4.69) is 31.0 Å². The van der Waals surface area contributed by atoms with Crippen LogP contribution < -0.4 is 4.74 Å². The van der Waals surface area contributed by atoms with E-state index >= 15 is 0 Å². The quantitative estimate of drug-likeness (QED) is 0.635. The van der Waals surface area contributed by atoms with Crippen molar-refractivity contribution in [2.75, 3.05) is 0 Å². The number of nitrogens with one attached hydrogen (secondary N) is 1. The van der Waals surface area contributed by atoms with Gasteiger partial charge in [-0.3, -0.25) is 0 Å². The molecule has 1 saturated carbocycles. The SMILES string of the molecule is Cc1cc(C)c2[nH]ccc2c1OC1CCCCC1c1ccc(C(=O)O)cc1. The Bertz CT molecular complexity index is 971.